The van der Waals surface area contributed by atoms with Crippen LogP contribution in [0.15, 0.2) is 34.6 Å². The lowest BCUT2D eigenvalue weighted by molar-refractivity contribution is 0.922. The average Bonchev–Trinajstić information content (AvgIpc) is 2.86. The molecule has 4 nitrogen and oxygen atoms in total. The van der Waals surface area contributed by atoms with Crippen LogP contribution in [0.25, 0.3) is 11.3 Å². The molecule has 0 spiro atoms. The Bertz CT molecular complexity index is 562. The molecule has 0 amide bonds. The first-order valence-electron chi connectivity index (χ1n) is 5.93. The first-order valence-corrected chi connectivity index (χ1v) is 7.19. The van der Waals surface area contributed by atoms with Gasteiger partial charge in [-0.1, -0.05) is 23.7 Å². The Balaban J connectivity index is 2.07. The van der Waals surface area contributed by atoms with Crippen molar-refractivity contribution in [3.63, 3.8) is 0 Å². The fraction of sp³-hybridized carbons (Fsp3) is 0.231. The maximum absolute atomic E-state index is 5.86. The minimum Gasteiger partial charge on any atom is -0.370 e. The molecule has 100 valence electrons. The predicted molar refractivity (Wildman–Crippen MR) is 81.6 cm³/mol. The standard InChI is InChI=1S/C13H15ClN4S/c1-2-16-13(15)17-7-12-18-11(8-19-12)9-3-5-10(14)6-4-9/h3-6,8H,2,7H2,1H3,(H3,15,16,17). The largest absolute Gasteiger partial charge is 0.370 e. The molecule has 19 heavy (non-hydrogen) atoms. The van der Waals surface area contributed by atoms with Crippen LogP contribution in [0.2, 0.25) is 5.02 Å². The van der Waals surface area contributed by atoms with Gasteiger partial charge in [-0.05, 0) is 19.1 Å². The van der Waals surface area contributed by atoms with Gasteiger partial charge in [0.2, 0.25) is 0 Å². The lowest BCUT2D eigenvalue weighted by Gasteiger charge is -1.99. The molecule has 3 N–H and O–H groups in total. The molecular formula is C13H15ClN4S. The summed E-state index contributed by atoms with van der Waals surface area (Å²) in [7, 11) is 0. The molecule has 0 radical (unpaired) electrons. The van der Waals surface area contributed by atoms with E-state index < -0.39 is 0 Å². The number of nitrogens with zero attached hydrogens (tertiary/aromatic N) is 2. The Kier molecular flexibility index (Phi) is 4.76. The molecule has 0 aliphatic rings. The zero-order chi connectivity index (χ0) is 13.7. The highest BCUT2D eigenvalue weighted by molar-refractivity contribution is 7.09. The molecule has 1 heterocycles. The molecule has 0 saturated heterocycles. The van der Waals surface area contributed by atoms with Gasteiger partial charge >= 0.3 is 0 Å². The third-order valence-electron chi connectivity index (χ3n) is 2.43. The number of hydrogen-bond acceptors (Lipinski definition) is 3. The third-order valence-corrected chi connectivity index (χ3v) is 3.52. The van der Waals surface area contributed by atoms with Crippen molar-refractivity contribution in [3.05, 3.63) is 39.7 Å². The first-order chi connectivity index (χ1) is 9.19. The second-order valence-electron chi connectivity index (χ2n) is 3.87. The SMILES string of the molecule is CCNC(N)=NCc1nc(-c2ccc(Cl)cc2)cs1. The highest BCUT2D eigenvalue weighted by Crippen LogP contribution is 2.23. The number of halogens is 1. The third kappa shape index (κ3) is 3.94. The summed E-state index contributed by atoms with van der Waals surface area (Å²) in [5.74, 6) is 0.450. The Labute approximate surface area is 121 Å². The molecule has 0 fully saturated rings. The quantitative estimate of drug-likeness (QED) is 0.673. The highest BCUT2D eigenvalue weighted by Gasteiger charge is 2.04. The number of benzene rings is 1. The molecular weight excluding hydrogens is 280 g/mol. The molecule has 6 heteroatoms. The van der Waals surface area contributed by atoms with Crippen LogP contribution >= 0.6 is 22.9 Å². The molecule has 0 aliphatic carbocycles. The van der Waals surface area contributed by atoms with Crippen molar-refractivity contribution in [2.45, 2.75) is 13.5 Å². The predicted octanol–water partition coefficient (Wildman–Crippen LogP) is 2.89. The molecule has 0 bridgehead atoms. The van der Waals surface area contributed by atoms with E-state index in [9.17, 15) is 0 Å². The first kappa shape index (κ1) is 13.8. The zero-order valence-electron chi connectivity index (χ0n) is 10.6. The van der Waals surface area contributed by atoms with Gasteiger partial charge in [0.15, 0.2) is 5.96 Å². The number of aromatic nitrogens is 1. The van der Waals surface area contributed by atoms with Crippen molar-refractivity contribution < 1.29 is 0 Å². The second kappa shape index (κ2) is 6.54. The van der Waals surface area contributed by atoms with Crippen molar-refractivity contribution in [1.29, 1.82) is 0 Å². The van der Waals surface area contributed by atoms with E-state index in [4.69, 9.17) is 17.3 Å². The summed E-state index contributed by atoms with van der Waals surface area (Å²) in [6.45, 7) is 3.24. The Morgan fingerprint density at radius 1 is 1.42 bits per heavy atom. The molecule has 0 atom stereocenters. The Morgan fingerprint density at radius 2 is 2.16 bits per heavy atom. The minimum absolute atomic E-state index is 0.450. The Hall–Kier alpha value is -1.59. The number of nitrogens with one attached hydrogen (secondary N) is 1. The van der Waals surface area contributed by atoms with Gasteiger partial charge in [-0.25, -0.2) is 9.98 Å². The van der Waals surface area contributed by atoms with E-state index in [2.05, 4.69) is 15.3 Å². The summed E-state index contributed by atoms with van der Waals surface area (Å²) in [5, 5.41) is 6.62. The fourth-order valence-electron chi connectivity index (χ4n) is 1.53. The molecule has 2 rings (SSSR count). The topological polar surface area (TPSA) is 63.3 Å². The average molecular weight is 295 g/mol. The van der Waals surface area contributed by atoms with E-state index in [0.29, 0.717) is 12.5 Å². The number of thiazole rings is 1. The van der Waals surface area contributed by atoms with Gasteiger partial charge in [-0.15, -0.1) is 11.3 Å². The van der Waals surface area contributed by atoms with Gasteiger partial charge in [-0.3, -0.25) is 0 Å². The van der Waals surface area contributed by atoms with Gasteiger partial charge in [-0.2, -0.15) is 0 Å². The van der Waals surface area contributed by atoms with Crippen LogP contribution in [0.5, 0.6) is 0 Å². The van der Waals surface area contributed by atoms with Crippen molar-refractivity contribution in [2.24, 2.45) is 10.7 Å². The lowest BCUT2D eigenvalue weighted by atomic mass is 10.2. The van der Waals surface area contributed by atoms with E-state index in [0.717, 1.165) is 27.8 Å². The van der Waals surface area contributed by atoms with Crippen molar-refractivity contribution in [2.75, 3.05) is 6.54 Å². The van der Waals surface area contributed by atoms with E-state index >= 15 is 0 Å². The molecule has 0 unspecified atom stereocenters. The lowest BCUT2D eigenvalue weighted by Crippen LogP contribution is -2.31. The number of nitrogens with two attached hydrogens (primary N) is 1. The molecule has 0 saturated carbocycles. The van der Waals surface area contributed by atoms with Crippen molar-refractivity contribution in [3.8, 4) is 11.3 Å². The van der Waals surface area contributed by atoms with Crippen LogP contribution in [0.1, 0.15) is 11.9 Å². The van der Waals surface area contributed by atoms with Crippen LogP contribution in [-0.4, -0.2) is 17.5 Å². The summed E-state index contributed by atoms with van der Waals surface area (Å²) < 4.78 is 0. The van der Waals surface area contributed by atoms with Crippen molar-refractivity contribution >= 4 is 28.9 Å². The van der Waals surface area contributed by atoms with Crippen molar-refractivity contribution in [1.82, 2.24) is 10.3 Å². The second-order valence-corrected chi connectivity index (χ2v) is 5.24. The van der Waals surface area contributed by atoms with Gasteiger partial charge < -0.3 is 11.1 Å². The smallest absolute Gasteiger partial charge is 0.188 e. The summed E-state index contributed by atoms with van der Waals surface area (Å²) >= 11 is 7.44. The van der Waals surface area contributed by atoms with Crippen LogP contribution in [0.4, 0.5) is 0 Å². The molecule has 2 aromatic rings. The van der Waals surface area contributed by atoms with E-state index in [1.165, 1.54) is 0 Å². The van der Waals surface area contributed by atoms with Gasteiger partial charge in [0.1, 0.15) is 5.01 Å². The summed E-state index contributed by atoms with van der Waals surface area (Å²) in [6.07, 6.45) is 0. The Morgan fingerprint density at radius 3 is 2.84 bits per heavy atom. The fourth-order valence-corrected chi connectivity index (χ4v) is 2.38. The molecule has 1 aromatic carbocycles. The number of rotatable bonds is 4. The van der Waals surface area contributed by atoms with E-state index in [-0.39, 0.29) is 0 Å². The van der Waals surface area contributed by atoms with Crippen LogP contribution in [0, 0.1) is 0 Å². The summed E-state index contributed by atoms with van der Waals surface area (Å²) in [5.41, 5.74) is 7.66. The molecule has 0 aliphatic heterocycles. The van der Waals surface area contributed by atoms with Gasteiger partial charge in [0, 0.05) is 22.5 Å². The van der Waals surface area contributed by atoms with E-state index in [1.807, 2.05) is 36.6 Å². The van der Waals surface area contributed by atoms with E-state index in [1.54, 1.807) is 11.3 Å². The highest BCUT2D eigenvalue weighted by atomic mass is 35.5. The summed E-state index contributed by atoms with van der Waals surface area (Å²) in [4.78, 5) is 8.74. The minimum atomic E-state index is 0.450. The van der Waals surface area contributed by atoms with Gasteiger partial charge in [0.25, 0.3) is 0 Å². The maximum atomic E-state index is 5.86. The number of guanidine groups is 1. The van der Waals surface area contributed by atoms with Crippen LogP contribution in [0.3, 0.4) is 0 Å². The normalized spacial score (nSPS) is 11.6. The zero-order valence-corrected chi connectivity index (χ0v) is 12.1. The maximum Gasteiger partial charge on any atom is 0.188 e. The van der Waals surface area contributed by atoms with Crippen LogP contribution < -0.4 is 11.1 Å². The summed E-state index contributed by atoms with van der Waals surface area (Å²) in [6, 6.07) is 7.63. The molecule has 1 aromatic heterocycles. The monoisotopic (exact) mass is 294 g/mol. The number of aliphatic imine (C=N–C) groups is 1. The van der Waals surface area contributed by atoms with Gasteiger partial charge in [0.05, 0.1) is 12.2 Å². The van der Waals surface area contributed by atoms with Crippen LogP contribution in [-0.2, 0) is 6.54 Å². The number of hydrogen-bond donors (Lipinski definition) is 2.